The molecule has 0 radical (unpaired) electrons. The predicted molar refractivity (Wildman–Crippen MR) is 80.3 cm³/mol. The Labute approximate surface area is 124 Å². The van der Waals surface area contributed by atoms with Crippen molar-refractivity contribution >= 4 is 17.4 Å². The maximum atomic E-state index is 12.0. The number of anilines is 1. The van der Waals surface area contributed by atoms with Crippen molar-refractivity contribution in [3.63, 3.8) is 0 Å². The minimum absolute atomic E-state index is 0.0223. The summed E-state index contributed by atoms with van der Waals surface area (Å²) in [7, 11) is 0. The van der Waals surface area contributed by atoms with E-state index in [0.29, 0.717) is 29.7 Å². The highest BCUT2D eigenvalue weighted by Crippen LogP contribution is 2.33. The second-order valence-corrected chi connectivity index (χ2v) is 5.20. The van der Waals surface area contributed by atoms with Gasteiger partial charge in [0.2, 0.25) is 5.91 Å². The van der Waals surface area contributed by atoms with Gasteiger partial charge in [-0.2, -0.15) is 0 Å². The third-order valence-electron chi connectivity index (χ3n) is 3.65. The van der Waals surface area contributed by atoms with Crippen LogP contribution in [0.25, 0.3) is 0 Å². The maximum absolute atomic E-state index is 12.0. The van der Waals surface area contributed by atoms with Crippen LogP contribution in [0.5, 0.6) is 0 Å². The number of nitrogens with zero attached hydrogens (tertiary/aromatic N) is 1. The van der Waals surface area contributed by atoms with Crippen molar-refractivity contribution in [1.29, 1.82) is 0 Å². The molecule has 1 aromatic rings. The first-order chi connectivity index (χ1) is 10.1. The summed E-state index contributed by atoms with van der Waals surface area (Å²) in [6.45, 7) is 2.70. The van der Waals surface area contributed by atoms with Crippen LogP contribution in [-0.4, -0.2) is 29.7 Å². The Morgan fingerprint density at radius 1 is 1.48 bits per heavy atom. The summed E-state index contributed by atoms with van der Waals surface area (Å²) in [4.78, 5) is 12.0. The quantitative estimate of drug-likeness (QED) is 0.323. The van der Waals surface area contributed by atoms with Gasteiger partial charge < -0.3 is 21.0 Å². The molecule has 0 unspecified atom stereocenters. The first kappa shape index (κ1) is 15.3. The van der Waals surface area contributed by atoms with Crippen molar-refractivity contribution in [2.45, 2.75) is 32.3 Å². The molecule has 0 aromatic heterocycles. The van der Waals surface area contributed by atoms with E-state index in [9.17, 15) is 4.79 Å². The summed E-state index contributed by atoms with van der Waals surface area (Å²) in [6, 6.07) is 6.98. The number of hydrogen-bond acceptors (Lipinski definition) is 4. The fraction of sp³-hybridized carbons (Fsp3) is 0.467. The number of rotatable bonds is 6. The van der Waals surface area contributed by atoms with Crippen LogP contribution in [0, 0.1) is 5.92 Å². The molecule has 1 aliphatic rings. The lowest BCUT2D eigenvalue weighted by molar-refractivity contribution is -0.119. The molecule has 0 saturated heterocycles. The largest absolute Gasteiger partial charge is 0.409 e. The molecule has 4 N–H and O–H groups in total. The molecule has 1 saturated carbocycles. The molecule has 0 bridgehead atoms. The third kappa shape index (κ3) is 3.95. The fourth-order valence-electron chi connectivity index (χ4n) is 2.55. The van der Waals surface area contributed by atoms with Gasteiger partial charge in [-0.1, -0.05) is 17.3 Å². The predicted octanol–water partition coefficient (Wildman–Crippen LogP) is 1.92. The Kier molecular flexibility index (Phi) is 5.16. The molecule has 6 heteroatoms. The summed E-state index contributed by atoms with van der Waals surface area (Å²) in [5.41, 5.74) is 6.66. The number of hydrogen-bond donors (Lipinski definition) is 3. The van der Waals surface area contributed by atoms with Crippen LogP contribution < -0.4 is 11.1 Å². The van der Waals surface area contributed by atoms with Gasteiger partial charge in [-0.25, -0.2) is 0 Å². The number of carbonyl (C=O) groups excluding carboxylic acids is 1. The normalized spacial score (nSPS) is 21.7. The zero-order valence-electron chi connectivity index (χ0n) is 12.1. The Morgan fingerprint density at radius 3 is 2.86 bits per heavy atom. The first-order valence-corrected chi connectivity index (χ1v) is 7.12. The molecule has 114 valence electrons. The SMILES string of the molecule is CCOC1CC(CC(=O)Nc2ccccc2/C(N)=N/O)C1. The lowest BCUT2D eigenvalue weighted by Gasteiger charge is -2.34. The average Bonchev–Trinajstić information content (AvgIpc) is 2.45. The molecule has 0 heterocycles. The molecular formula is C15H21N3O3. The number of ether oxygens (including phenoxy) is 1. The number of para-hydroxylation sites is 1. The number of benzene rings is 1. The molecule has 1 fully saturated rings. The topological polar surface area (TPSA) is 96.9 Å². The molecule has 0 spiro atoms. The van der Waals surface area contributed by atoms with Crippen LogP contribution in [0.1, 0.15) is 31.7 Å². The summed E-state index contributed by atoms with van der Waals surface area (Å²) in [5.74, 6) is 0.289. The number of oxime groups is 1. The van der Waals surface area contributed by atoms with Crippen LogP contribution >= 0.6 is 0 Å². The standard InChI is InChI=1S/C15H21N3O3/c1-2-21-11-7-10(8-11)9-14(19)17-13-6-4-3-5-12(13)15(16)18-20/h3-6,10-11,20H,2,7-9H2,1H3,(H2,16,18)(H,17,19). The summed E-state index contributed by atoms with van der Waals surface area (Å²) >= 11 is 0. The van der Waals surface area contributed by atoms with Crippen LogP contribution in [0.4, 0.5) is 5.69 Å². The molecule has 21 heavy (non-hydrogen) atoms. The molecule has 0 aliphatic heterocycles. The van der Waals surface area contributed by atoms with Gasteiger partial charge >= 0.3 is 0 Å². The van der Waals surface area contributed by atoms with E-state index in [0.717, 1.165) is 19.4 Å². The number of amides is 1. The highest BCUT2D eigenvalue weighted by molar-refractivity contribution is 6.05. The second kappa shape index (κ2) is 7.08. The number of nitrogens with two attached hydrogens (primary N) is 1. The smallest absolute Gasteiger partial charge is 0.224 e. The number of carbonyl (C=O) groups is 1. The van der Waals surface area contributed by atoms with Crippen LogP contribution in [-0.2, 0) is 9.53 Å². The molecule has 2 rings (SSSR count). The van der Waals surface area contributed by atoms with Gasteiger partial charge in [0.1, 0.15) is 0 Å². The van der Waals surface area contributed by atoms with Crippen LogP contribution in [0.3, 0.4) is 0 Å². The molecule has 6 nitrogen and oxygen atoms in total. The van der Waals surface area contributed by atoms with Crippen LogP contribution in [0.15, 0.2) is 29.4 Å². The van der Waals surface area contributed by atoms with Gasteiger partial charge in [0.05, 0.1) is 11.8 Å². The van der Waals surface area contributed by atoms with Gasteiger partial charge in [0, 0.05) is 18.6 Å². The van der Waals surface area contributed by atoms with Crippen molar-refractivity contribution in [3.05, 3.63) is 29.8 Å². The van der Waals surface area contributed by atoms with E-state index in [1.54, 1.807) is 24.3 Å². The summed E-state index contributed by atoms with van der Waals surface area (Å²) in [5, 5.41) is 14.5. The van der Waals surface area contributed by atoms with Gasteiger partial charge in [-0.3, -0.25) is 4.79 Å². The maximum Gasteiger partial charge on any atom is 0.224 e. The monoisotopic (exact) mass is 291 g/mol. The zero-order chi connectivity index (χ0) is 15.2. The molecule has 1 aromatic carbocycles. The van der Waals surface area contributed by atoms with E-state index < -0.39 is 0 Å². The van der Waals surface area contributed by atoms with Crippen molar-refractivity contribution in [1.82, 2.24) is 0 Å². The van der Waals surface area contributed by atoms with Gasteiger partial charge in [-0.15, -0.1) is 0 Å². The van der Waals surface area contributed by atoms with Crippen LogP contribution in [0.2, 0.25) is 0 Å². The van der Waals surface area contributed by atoms with E-state index in [1.165, 1.54) is 0 Å². The Hall–Kier alpha value is -2.08. The van der Waals surface area contributed by atoms with Gasteiger partial charge in [0.25, 0.3) is 0 Å². The Balaban J connectivity index is 1.89. The second-order valence-electron chi connectivity index (χ2n) is 5.20. The number of nitrogens with one attached hydrogen (secondary N) is 1. The Morgan fingerprint density at radius 2 is 2.19 bits per heavy atom. The first-order valence-electron chi connectivity index (χ1n) is 7.12. The highest BCUT2D eigenvalue weighted by Gasteiger charge is 2.31. The summed E-state index contributed by atoms with van der Waals surface area (Å²) < 4.78 is 5.48. The minimum atomic E-state index is -0.0619. The summed E-state index contributed by atoms with van der Waals surface area (Å²) in [6.07, 6.45) is 2.64. The van der Waals surface area contributed by atoms with Gasteiger partial charge in [-0.05, 0) is 37.8 Å². The zero-order valence-corrected chi connectivity index (χ0v) is 12.1. The minimum Gasteiger partial charge on any atom is -0.409 e. The fourth-order valence-corrected chi connectivity index (χ4v) is 2.55. The molecule has 1 aliphatic carbocycles. The van der Waals surface area contributed by atoms with Crippen molar-refractivity contribution in [2.75, 3.05) is 11.9 Å². The average molecular weight is 291 g/mol. The van der Waals surface area contributed by atoms with E-state index in [4.69, 9.17) is 15.7 Å². The lowest BCUT2D eigenvalue weighted by atomic mass is 9.80. The van der Waals surface area contributed by atoms with Crippen molar-refractivity contribution < 1.29 is 14.7 Å². The third-order valence-corrected chi connectivity index (χ3v) is 3.65. The van der Waals surface area contributed by atoms with E-state index in [-0.39, 0.29) is 11.7 Å². The van der Waals surface area contributed by atoms with Crippen molar-refractivity contribution in [2.24, 2.45) is 16.8 Å². The highest BCUT2D eigenvalue weighted by atomic mass is 16.5. The molecule has 0 atom stereocenters. The number of amidine groups is 1. The molecular weight excluding hydrogens is 270 g/mol. The van der Waals surface area contributed by atoms with E-state index in [2.05, 4.69) is 10.5 Å². The molecule has 1 amide bonds. The van der Waals surface area contributed by atoms with E-state index in [1.807, 2.05) is 6.92 Å². The van der Waals surface area contributed by atoms with E-state index >= 15 is 0 Å². The Bertz CT molecular complexity index is 525. The van der Waals surface area contributed by atoms with Gasteiger partial charge in [0.15, 0.2) is 5.84 Å². The lowest BCUT2D eigenvalue weighted by Crippen LogP contribution is -2.34. The van der Waals surface area contributed by atoms with Crippen molar-refractivity contribution in [3.8, 4) is 0 Å².